The third kappa shape index (κ3) is 3.75. The molecule has 0 aliphatic carbocycles. The molecule has 0 saturated carbocycles. The van der Waals surface area contributed by atoms with Crippen molar-refractivity contribution >= 4 is 16.8 Å². The lowest BCUT2D eigenvalue weighted by Crippen LogP contribution is -2.83. The highest BCUT2D eigenvalue weighted by Crippen LogP contribution is 2.09. The second-order valence-corrected chi connectivity index (χ2v) is 6.04. The highest BCUT2D eigenvalue weighted by molar-refractivity contribution is 5.78. The maximum absolute atomic E-state index is 12.7. The molecular formula is C19H21N4O2+. The summed E-state index contributed by atoms with van der Waals surface area (Å²) in [7, 11) is 0. The van der Waals surface area contributed by atoms with Crippen molar-refractivity contribution in [2.75, 3.05) is 0 Å². The van der Waals surface area contributed by atoms with Crippen molar-refractivity contribution in [2.24, 2.45) is 5.73 Å². The number of aromatic nitrogens is 2. The van der Waals surface area contributed by atoms with E-state index in [1.165, 1.54) is 10.1 Å². The molecule has 2 aromatic carbocycles. The quantitative estimate of drug-likeness (QED) is 0.693. The number of carbonyl (C=O) groups is 1. The zero-order valence-electron chi connectivity index (χ0n) is 14.1. The van der Waals surface area contributed by atoms with Gasteiger partial charge in [-0.05, 0) is 19.1 Å². The number of nitrogens with zero attached hydrogens (tertiary/aromatic N) is 2. The molecule has 1 aromatic heterocycles. The predicted octanol–water partition coefficient (Wildman–Crippen LogP) is 0.706. The first-order chi connectivity index (χ1) is 12.1. The summed E-state index contributed by atoms with van der Waals surface area (Å²) in [5, 5.41) is 2.58. The molecule has 0 radical (unpaired) electrons. The van der Waals surface area contributed by atoms with E-state index in [1.807, 2.05) is 24.3 Å². The molecule has 4 N–H and O–H groups in total. The number of hydrogen-bond donors (Lipinski definition) is 2. The first-order valence-corrected chi connectivity index (χ1v) is 8.21. The number of rotatable bonds is 6. The summed E-state index contributed by atoms with van der Waals surface area (Å²) in [6.45, 7) is 2.40. The highest BCUT2D eigenvalue weighted by Gasteiger charge is 2.15. The molecule has 0 spiro atoms. The van der Waals surface area contributed by atoms with E-state index >= 15 is 0 Å². The van der Waals surface area contributed by atoms with Crippen LogP contribution < -0.4 is 16.6 Å². The number of primary amides is 1. The van der Waals surface area contributed by atoms with E-state index < -0.39 is 5.91 Å². The molecule has 1 heterocycles. The highest BCUT2D eigenvalue weighted by atomic mass is 16.2. The Bertz CT molecular complexity index is 951. The average molecular weight is 337 g/mol. The van der Waals surface area contributed by atoms with Crippen molar-refractivity contribution < 1.29 is 10.1 Å². The Kier molecular flexibility index (Phi) is 4.90. The smallest absolute Gasteiger partial charge is 0.262 e. The third-order valence-electron chi connectivity index (χ3n) is 4.23. The topological polar surface area (TPSA) is 94.6 Å². The van der Waals surface area contributed by atoms with E-state index in [-0.39, 0.29) is 18.1 Å². The number of nitrogens with two attached hydrogens (primary N) is 2. The lowest BCUT2D eigenvalue weighted by atomic mass is 10.1. The molecular weight excluding hydrogens is 316 g/mol. The van der Waals surface area contributed by atoms with E-state index in [0.717, 1.165) is 0 Å². The standard InChI is InChI=1S/C19H20N4O2/c1-13(14-7-3-2-4-8-14)21-11-18-22-16-10-6-5-9-15(16)19(25)23(18)12-17(20)24/h2-10,13,21H,11-12H2,1H3,(H2,20,24)/p+1/t13-/m0/s1. The van der Waals surface area contributed by atoms with Gasteiger partial charge in [-0.3, -0.25) is 14.2 Å². The van der Waals surface area contributed by atoms with Gasteiger partial charge in [0, 0.05) is 5.56 Å². The van der Waals surface area contributed by atoms with Crippen LogP contribution in [0.25, 0.3) is 10.9 Å². The molecule has 0 saturated heterocycles. The van der Waals surface area contributed by atoms with Crippen LogP contribution in [0, 0.1) is 0 Å². The lowest BCUT2D eigenvalue weighted by molar-refractivity contribution is -0.709. The van der Waals surface area contributed by atoms with Crippen molar-refractivity contribution in [1.82, 2.24) is 9.55 Å². The van der Waals surface area contributed by atoms with E-state index in [2.05, 4.69) is 29.4 Å². The van der Waals surface area contributed by atoms with E-state index in [1.54, 1.807) is 18.2 Å². The number of hydrogen-bond acceptors (Lipinski definition) is 3. The Morgan fingerprint density at radius 2 is 1.84 bits per heavy atom. The number of benzene rings is 2. The Labute approximate surface area is 145 Å². The molecule has 0 bridgehead atoms. The zero-order chi connectivity index (χ0) is 17.8. The van der Waals surface area contributed by atoms with Crippen LogP contribution in [0.2, 0.25) is 0 Å². The van der Waals surface area contributed by atoms with Crippen molar-refractivity contribution in [2.45, 2.75) is 26.1 Å². The Balaban J connectivity index is 1.94. The first kappa shape index (κ1) is 16.9. The molecule has 6 nitrogen and oxygen atoms in total. The monoisotopic (exact) mass is 337 g/mol. The fraction of sp³-hybridized carbons (Fsp3) is 0.211. The molecule has 3 rings (SSSR count). The van der Waals surface area contributed by atoms with E-state index in [9.17, 15) is 9.59 Å². The fourth-order valence-electron chi connectivity index (χ4n) is 2.86. The summed E-state index contributed by atoms with van der Waals surface area (Å²) in [5.41, 5.74) is 6.90. The summed E-state index contributed by atoms with van der Waals surface area (Å²) in [4.78, 5) is 28.7. The average Bonchev–Trinajstić information content (AvgIpc) is 2.63. The van der Waals surface area contributed by atoms with Crippen LogP contribution in [0.5, 0.6) is 0 Å². The third-order valence-corrected chi connectivity index (χ3v) is 4.23. The molecule has 0 unspecified atom stereocenters. The van der Waals surface area contributed by atoms with E-state index in [4.69, 9.17) is 5.73 Å². The van der Waals surface area contributed by atoms with E-state index in [0.29, 0.717) is 23.3 Å². The maximum atomic E-state index is 12.7. The van der Waals surface area contributed by atoms with Gasteiger partial charge in [0.15, 0.2) is 5.82 Å². The minimum absolute atomic E-state index is 0.167. The van der Waals surface area contributed by atoms with Gasteiger partial charge in [0.25, 0.3) is 5.56 Å². The Morgan fingerprint density at radius 3 is 2.56 bits per heavy atom. The second kappa shape index (κ2) is 7.27. The van der Waals surface area contributed by atoms with Crippen LogP contribution in [0.3, 0.4) is 0 Å². The van der Waals surface area contributed by atoms with Gasteiger partial charge in [0.2, 0.25) is 5.91 Å². The van der Waals surface area contributed by atoms with Gasteiger partial charge in [-0.1, -0.05) is 42.5 Å². The SMILES string of the molecule is C[C@H]([NH2+]Cc1nc2ccccc2c(=O)n1CC(N)=O)c1ccccc1. The van der Waals surface area contributed by atoms with Crippen molar-refractivity contribution in [3.8, 4) is 0 Å². The Morgan fingerprint density at radius 1 is 1.16 bits per heavy atom. The minimum atomic E-state index is -0.559. The molecule has 1 atom stereocenters. The van der Waals surface area contributed by atoms with Crippen molar-refractivity contribution in [3.05, 3.63) is 76.3 Å². The van der Waals surface area contributed by atoms with Gasteiger partial charge in [-0.25, -0.2) is 4.98 Å². The van der Waals surface area contributed by atoms with Gasteiger partial charge < -0.3 is 11.1 Å². The Hall–Kier alpha value is -2.99. The molecule has 3 aromatic rings. The van der Waals surface area contributed by atoms with Crippen LogP contribution in [0.1, 0.15) is 24.4 Å². The molecule has 25 heavy (non-hydrogen) atoms. The van der Waals surface area contributed by atoms with Crippen LogP contribution in [-0.2, 0) is 17.9 Å². The number of para-hydroxylation sites is 1. The van der Waals surface area contributed by atoms with Gasteiger partial charge >= 0.3 is 0 Å². The summed E-state index contributed by atoms with van der Waals surface area (Å²) in [5.74, 6) is -0.0122. The maximum Gasteiger partial charge on any atom is 0.262 e. The number of fused-ring (bicyclic) bond motifs is 1. The second-order valence-electron chi connectivity index (χ2n) is 6.04. The fourth-order valence-corrected chi connectivity index (χ4v) is 2.86. The van der Waals surface area contributed by atoms with Gasteiger partial charge in [-0.15, -0.1) is 0 Å². The summed E-state index contributed by atoms with van der Waals surface area (Å²) in [6, 6.07) is 17.4. The minimum Gasteiger partial charge on any atom is -0.368 e. The van der Waals surface area contributed by atoms with Crippen LogP contribution in [0.15, 0.2) is 59.4 Å². The number of quaternary nitrogens is 1. The largest absolute Gasteiger partial charge is 0.368 e. The van der Waals surface area contributed by atoms with Gasteiger partial charge in [0.05, 0.1) is 10.9 Å². The van der Waals surface area contributed by atoms with Crippen LogP contribution in [0.4, 0.5) is 0 Å². The van der Waals surface area contributed by atoms with Crippen LogP contribution >= 0.6 is 0 Å². The van der Waals surface area contributed by atoms with Crippen molar-refractivity contribution in [1.29, 1.82) is 0 Å². The molecule has 1 amide bonds. The number of amides is 1. The summed E-state index contributed by atoms with van der Waals surface area (Å²) in [6.07, 6.45) is 0. The van der Waals surface area contributed by atoms with Crippen LogP contribution in [-0.4, -0.2) is 15.5 Å². The zero-order valence-corrected chi connectivity index (χ0v) is 14.1. The molecule has 0 aliphatic rings. The van der Waals surface area contributed by atoms with Crippen molar-refractivity contribution in [3.63, 3.8) is 0 Å². The first-order valence-electron chi connectivity index (χ1n) is 8.21. The lowest BCUT2D eigenvalue weighted by Gasteiger charge is -2.14. The predicted molar refractivity (Wildman–Crippen MR) is 95.7 cm³/mol. The molecule has 0 fully saturated rings. The van der Waals surface area contributed by atoms with Gasteiger partial charge in [0.1, 0.15) is 19.1 Å². The summed E-state index contributed by atoms with van der Waals surface area (Å²) >= 11 is 0. The number of carbonyl (C=O) groups excluding carboxylic acids is 1. The normalized spacial score (nSPS) is 12.2. The molecule has 128 valence electrons. The molecule has 0 aliphatic heterocycles. The summed E-state index contributed by atoms with van der Waals surface area (Å²) < 4.78 is 1.37. The van der Waals surface area contributed by atoms with Gasteiger partial charge in [-0.2, -0.15) is 0 Å². The molecule has 6 heteroatoms.